The van der Waals surface area contributed by atoms with Crippen molar-refractivity contribution in [3.05, 3.63) is 91.0 Å². The number of carbonyl (C=O) groups is 3. The number of imide groups is 1. The predicted molar refractivity (Wildman–Crippen MR) is 149 cm³/mol. The van der Waals surface area contributed by atoms with E-state index in [9.17, 15) is 18.8 Å². The van der Waals surface area contributed by atoms with Gasteiger partial charge in [-0.25, -0.2) is 4.39 Å². The molecule has 3 aromatic carbocycles. The lowest BCUT2D eigenvalue weighted by Gasteiger charge is -2.14. The summed E-state index contributed by atoms with van der Waals surface area (Å²) >= 11 is 16.4. The second-order valence-corrected chi connectivity index (χ2v) is 10.6. The molecule has 0 aromatic heterocycles. The third-order valence-corrected chi connectivity index (χ3v) is 7.32. The summed E-state index contributed by atoms with van der Waals surface area (Å²) in [5.74, 6) is -0.850. The quantitative estimate of drug-likeness (QED) is 0.263. The van der Waals surface area contributed by atoms with Crippen LogP contribution in [0.5, 0.6) is 11.5 Å². The molecule has 0 spiro atoms. The van der Waals surface area contributed by atoms with Crippen LogP contribution in [0.25, 0.3) is 6.08 Å². The molecular formula is C26H18BrCl2FN2O5S. The van der Waals surface area contributed by atoms with Crippen molar-refractivity contribution in [1.82, 2.24) is 4.90 Å². The number of ether oxygens (including phenoxy) is 2. The van der Waals surface area contributed by atoms with E-state index in [1.54, 1.807) is 30.3 Å². The molecule has 1 fully saturated rings. The van der Waals surface area contributed by atoms with E-state index in [0.717, 1.165) is 10.5 Å². The fourth-order valence-electron chi connectivity index (χ4n) is 3.42. The van der Waals surface area contributed by atoms with Gasteiger partial charge in [0.15, 0.2) is 11.5 Å². The first-order valence-electron chi connectivity index (χ1n) is 10.9. The maximum Gasteiger partial charge on any atom is 0.294 e. The van der Waals surface area contributed by atoms with Gasteiger partial charge in [0.2, 0.25) is 5.91 Å². The number of anilines is 1. The Morgan fingerprint density at radius 3 is 2.55 bits per heavy atom. The fraction of sp³-hybridized carbons (Fsp3) is 0.115. The molecule has 3 aromatic rings. The Morgan fingerprint density at radius 2 is 1.87 bits per heavy atom. The summed E-state index contributed by atoms with van der Waals surface area (Å²) in [5.41, 5.74) is 1.63. The second kappa shape index (κ2) is 12.2. The molecular weight excluding hydrogens is 622 g/mol. The summed E-state index contributed by atoms with van der Waals surface area (Å²) in [6.45, 7) is -0.324. The van der Waals surface area contributed by atoms with Crippen molar-refractivity contribution in [2.24, 2.45) is 0 Å². The largest absolute Gasteiger partial charge is 0.493 e. The Hall–Kier alpha value is -3.05. The number of amides is 3. The van der Waals surface area contributed by atoms with E-state index >= 15 is 0 Å². The zero-order valence-electron chi connectivity index (χ0n) is 19.6. The summed E-state index contributed by atoms with van der Waals surface area (Å²) in [5, 5.41) is 2.92. The minimum absolute atomic E-state index is 0.139. The van der Waals surface area contributed by atoms with Crippen LogP contribution in [-0.4, -0.2) is 35.6 Å². The lowest BCUT2D eigenvalue weighted by Crippen LogP contribution is -2.36. The predicted octanol–water partition coefficient (Wildman–Crippen LogP) is 7.16. The van der Waals surface area contributed by atoms with Gasteiger partial charge >= 0.3 is 0 Å². The first-order chi connectivity index (χ1) is 18.1. The summed E-state index contributed by atoms with van der Waals surface area (Å²) in [6.07, 6.45) is 1.52. The number of hydrogen-bond acceptors (Lipinski definition) is 6. The van der Waals surface area contributed by atoms with Crippen molar-refractivity contribution in [2.45, 2.75) is 6.61 Å². The average molecular weight is 640 g/mol. The molecule has 0 saturated carbocycles. The molecule has 38 heavy (non-hydrogen) atoms. The second-order valence-electron chi connectivity index (χ2n) is 7.88. The lowest BCUT2D eigenvalue weighted by molar-refractivity contribution is -0.127. The monoisotopic (exact) mass is 638 g/mol. The molecule has 0 unspecified atom stereocenters. The van der Waals surface area contributed by atoms with Crippen LogP contribution in [0.15, 0.2) is 64.0 Å². The third-order valence-electron chi connectivity index (χ3n) is 5.24. The van der Waals surface area contributed by atoms with Crippen molar-refractivity contribution in [1.29, 1.82) is 0 Å². The molecule has 0 bridgehead atoms. The topological polar surface area (TPSA) is 84.9 Å². The number of carbonyl (C=O) groups excluding carboxylic acids is 3. The molecule has 1 N–H and O–H groups in total. The SMILES string of the molecule is COc1cc(/C=C2\SC(=O)N(CC(=O)Nc3ccc(F)cc3)C2=O)cc(Br)c1OCc1ccc(Cl)cc1Cl. The lowest BCUT2D eigenvalue weighted by atomic mass is 10.1. The van der Waals surface area contributed by atoms with Gasteiger partial charge in [0.05, 0.1) is 16.5 Å². The number of nitrogens with zero attached hydrogens (tertiary/aromatic N) is 1. The van der Waals surface area contributed by atoms with Gasteiger partial charge in [-0.1, -0.05) is 29.3 Å². The van der Waals surface area contributed by atoms with Crippen molar-refractivity contribution < 1.29 is 28.2 Å². The first kappa shape index (κ1) is 28.0. The molecule has 3 amide bonds. The van der Waals surface area contributed by atoms with Gasteiger partial charge in [0.1, 0.15) is 19.0 Å². The molecule has 7 nitrogen and oxygen atoms in total. The zero-order valence-corrected chi connectivity index (χ0v) is 23.5. The van der Waals surface area contributed by atoms with Crippen LogP contribution in [0, 0.1) is 5.82 Å². The van der Waals surface area contributed by atoms with E-state index in [-0.39, 0.29) is 11.5 Å². The summed E-state index contributed by atoms with van der Waals surface area (Å²) < 4.78 is 25.0. The van der Waals surface area contributed by atoms with E-state index in [2.05, 4.69) is 21.2 Å². The molecule has 1 heterocycles. The Balaban J connectivity index is 1.47. The number of thioether (sulfide) groups is 1. The van der Waals surface area contributed by atoms with Crippen LogP contribution in [0.4, 0.5) is 14.9 Å². The molecule has 1 aliphatic heterocycles. The maximum absolute atomic E-state index is 13.1. The van der Waals surface area contributed by atoms with Crippen LogP contribution in [-0.2, 0) is 16.2 Å². The third kappa shape index (κ3) is 6.68. The molecule has 0 atom stereocenters. The highest BCUT2D eigenvalue weighted by molar-refractivity contribution is 9.10. The Morgan fingerprint density at radius 1 is 1.13 bits per heavy atom. The van der Waals surface area contributed by atoms with E-state index in [1.165, 1.54) is 37.5 Å². The fourth-order valence-corrected chi connectivity index (χ4v) is 5.29. The van der Waals surface area contributed by atoms with Crippen molar-refractivity contribution >= 4 is 79.7 Å². The molecule has 12 heteroatoms. The van der Waals surface area contributed by atoms with E-state index in [1.807, 2.05) is 0 Å². The van der Waals surface area contributed by atoms with Crippen LogP contribution in [0.1, 0.15) is 11.1 Å². The van der Waals surface area contributed by atoms with E-state index in [0.29, 0.717) is 49.0 Å². The van der Waals surface area contributed by atoms with Gasteiger partial charge in [0.25, 0.3) is 11.1 Å². The highest BCUT2D eigenvalue weighted by Crippen LogP contribution is 2.40. The van der Waals surface area contributed by atoms with Gasteiger partial charge in [-0.05, 0) is 87.9 Å². The van der Waals surface area contributed by atoms with Gasteiger partial charge in [-0.15, -0.1) is 0 Å². The van der Waals surface area contributed by atoms with Crippen LogP contribution in [0.2, 0.25) is 10.0 Å². The van der Waals surface area contributed by atoms with Gasteiger partial charge in [-0.2, -0.15) is 0 Å². The minimum Gasteiger partial charge on any atom is -0.493 e. The number of halogens is 4. The van der Waals surface area contributed by atoms with Crippen LogP contribution < -0.4 is 14.8 Å². The number of nitrogens with one attached hydrogen (secondary N) is 1. The van der Waals surface area contributed by atoms with Gasteiger partial charge < -0.3 is 14.8 Å². The summed E-state index contributed by atoms with van der Waals surface area (Å²) in [6, 6.07) is 13.6. The highest BCUT2D eigenvalue weighted by atomic mass is 79.9. The van der Waals surface area contributed by atoms with Crippen molar-refractivity contribution in [2.75, 3.05) is 19.0 Å². The average Bonchev–Trinajstić information content (AvgIpc) is 3.12. The van der Waals surface area contributed by atoms with Gasteiger partial charge in [0, 0.05) is 21.3 Å². The van der Waals surface area contributed by atoms with E-state index in [4.69, 9.17) is 32.7 Å². The van der Waals surface area contributed by atoms with Crippen LogP contribution in [0.3, 0.4) is 0 Å². The minimum atomic E-state index is -0.609. The Labute approximate surface area is 240 Å². The van der Waals surface area contributed by atoms with Crippen LogP contribution >= 0.6 is 50.9 Å². The van der Waals surface area contributed by atoms with Crippen molar-refractivity contribution in [3.8, 4) is 11.5 Å². The highest BCUT2D eigenvalue weighted by Gasteiger charge is 2.36. The molecule has 1 saturated heterocycles. The molecule has 196 valence electrons. The molecule has 0 radical (unpaired) electrons. The summed E-state index contributed by atoms with van der Waals surface area (Å²) in [4.78, 5) is 38.7. The number of hydrogen-bond donors (Lipinski definition) is 1. The number of benzene rings is 3. The first-order valence-corrected chi connectivity index (χ1v) is 13.3. The molecule has 1 aliphatic rings. The number of rotatable bonds is 8. The van der Waals surface area contributed by atoms with E-state index < -0.39 is 29.4 Å². The maximum atomic E-state index is 13.1. The van der Waals surface area contributed by atoms with Crippen molar-refractivity contribution in [3.63, 3.8) is 0 Å². The van der Waals surface area contributed by atoms with Gasteiger partial charge in [-0.3, -0.25) is 19.3 Å². The number of methoxy groups -OCH3 is 1. The Kier molecular flexibility index (Phi) is 8.99. The molecule has 4 rings (SSSR count). The smallest absolute Gasteiger partial charge is 0.294 e. The Bertz CT molecular complexity index is 1450. The zero-order chi connectivity index (χ0) is 27.4. The normalized spacial score (nSPS) is 14.2. The summed E-state index contributed by atoms with van der Waals surface area (Å²) in [7, 11) is 1.47. The molecule has 0 aliphatic carbocycles. The standard InChI is InChI=1S/C26H18BrCl2FN2O5S/c1-36-21-9-14(8-19(27)24(21)37-13-15-2-3-16(28)11-20(15)29)10-22-25(34)32(26(35)38-22)12-23(33)31-18-6-4-17(30)5-7-18/h2-11H,12-13H2,1H3,(H,31,33)/b22-10-.